The largest absolute Gasteiger partial charge is 0.326 e. The number of hydrogen-bond acceptors (Lipinski definition) is 2. The summed E-state index contributed by atoms with van der Waals surface area (Å²) in [4.78, 5) is 4.44. The van der Waals surface area contributed by atoms with Crippen LogP contribution in [0.3, 0.4) is 0 Å². The minimum absolute atomic E-state index is 0.625. The van der Waals surface area contributed by atoms with E-state index in [-0.39, 0.29) is 0 Å². The number of hydrogen-bond donors (Lipinski definition) is 1. The van der Waals surface area contributed by atoms with Gasteiger partial charge in [-0.25, -0.2) is 4.98 Å². The molecule has 1 aromatic heterocycles. The topological polar surface area (TPSA) is 29.9 Å². The van der Waals surface area contributed by atoms with Crippen molar-refractivity contribution in [2.45, 2.75) is 38.6 Å². The third-order valence-electron chi connectivity index (χ3n) is 3.66. The monoisotopic (exact) mass is 241 g/mol. The van der Waals surface area contributed by atoms with Gasteiger partial charge < -0.3 is 9.88 Å². The Morgan fingerprint density at radius 3 is 2.89 bits per heavy atom. The number of rotatable bonds is 3. The molecule has 1 heterocycles. The van der Waals surface area contributed by atoms with Crippen LogP contribution < -0.4 is 5.32 Å². The predicted molar refractivity (Wildman–Crippen MR) is 74.2 cm³/mol. The first kappa shape index (κ1) is 11.3. The highest BCUT2D eigenvalue weighted by molar-refractivity contribution is 5.54. The molecular formula is C15H19N3. The molecule has 2 aromatic rings. The number of nitrogens with one attached hydrogen (secondary N) is 1. The van der Waals surface area contributed by atoms with Crippen molar-refractivity contribution >= 4 is 11.6 Å². The van der Waals surface area contributed by atoms with Gasteiger partial charge in [-0.2, -0.15) is 0 Å². The zero-order valence-corrected chi connectivity index (χ0v) is 10.8. The summed E-state index contributed by atoms with van der Waals surface area (Å²) in [6, 6.07) is 9.03. The summed E-state index contributed by atoms with van der Waals surface area (Å²) in [5.41, 5.74) is 2.37. The fourth-order valence-electron chi connectivity index (χ4n) is 2.74. The molecule has 1 N–H and O–H groups in total. The fourth-order valence-corrected chi connectivity index (χ4v) is 2.74. The Morgan fingerprint density at radius 1 is 1.28 bits per heavy atom. The Bertz CT molecular complexity index is 524. The molecule has 3 heteroatoms. The Kier molecular flexibility index (Phi) is 3.05. The van der Waals surface area contributed by atoms with Crippen molar-refractivity contribution in [2.24, 2.45) is 0 Å². The second-order valence-electron chi connectivity index (χ2n) is 5.09. The van der Waals surface area contributed by atoms with Gasteiger partial charge in [0.05, 0.1) is 0 Å². The summed E-state index contributed by atoms with van der Waals surface area (Å²) in [6.45, 7) is 2.11. The van der Waals surface area contributed by atoms with Gasteiger partial charge >= 0.3 is 0 Å². The predicted octanol–water partition coefficient (Wildman–Crippen LogP) is 4.05. The van der Waals surface area contributed by atoms with Crippen LogP contribution in [0, 0.1) is 6.92 Å². The first-order chi connectivity index (χ1) is 8.83. The van der Waals surface area contributed by atoms with Gasteiger partial charge in [0.1, 0.15) is 0 Å². The number of anilines is 2. The van der Waals surface area contributed by atoms with Gasteiger partial charge in [0.15, 0.2) is 0 Å². The lowest BCUT2D eigenvalue weighted by molar-refractivity contribution is 0.525. The standard InChI is InChI=1S/C15H19N3/c1-12-5-4-6-13(11-12)17-15-16-9-10-18(15)14-7-2-3-8-14/h4-6,9-11,14H,2-3,7-8H2,1H3,(H,16,17). The first-order valence-corrected chi connectivity index (χ1v) is 6.69. The van der Waals surface area contributed by atoms with E-state index in [0.717, 1.165) is 11.6 Å². The van der Waals surface area contributed by atoms with Crippen molar-refractivity contribution in [2.75, 3.05) is 5.32 Å². The molecule has 0 aliphatic heterocycles. The van der Waals surface area contributed by atoms with E-state index >= 15 is 0 Å². The maximum Gasteiger partial charge on any atom is 0.207 e. The summed E-state index contributed by atoms with van der Waals surface area (Å²) < 4.78 is 2.29. The molecule has 3 nitrogen and oxygen atoms in total. The highest BCUT2D eigenvalue weighted by Crippen LogP contribution is 2.32. The Balaban J connectivity index is 1.82. The molecule has 1 saturated carbocycles. The number of aryl methyl sites for hydroxylation is 1. The van der Waals surface area contributed by atoms with E-state index < -0.39 is 0 Å². The van der Waals surface area contributed by atoms with Crippen LogP contribution in [-0.4, -0.2) is 9.55 Å². The Labute approximate surface area is 108 Å². The van der Waals surface area contributed by atoms with Gasteiger partial charge in [0, 0.05) is 24.1 Å². The van der Waals surface area contributed by atoms with E-state index in [4.69, 9.17) is 0 Å². The molecule has 0 amide bonds. The summed E-state index contributed by atoms with van der Waals surface area (Å²) >= 11 is 0. The molecule has 3 rings (SSSR count). The highest BCUT2D eigenvalue weighted by Gasteiger charge is 2.19. The molecule has 0 bridgehead atoms. The van der Waals surface area contributed by atoms with Crippen molar-refractivity contribution in [3.05, 3.63) is 42.2 Å². The second-order valence-corrected chi connectivity index (χ2v) is 5.09. The van der Waals surface area contributed by atoms with Crippen molar-refractivity contribution in [1.29, 1.82) is 0 Å². The van der Waals surface area contributed by atoms with E-state index in [2.05, 4.69) is 52.3 Å². The van der Waals surface area contributed by atoms with Crippen LogP contribution in [0.1, 0.15) is 37.3 Å². The first-order valence-electron chi connectivity index (χ1n) is 6.69. The molecule has 1 aliphatic carbocycles. The number of imidazole rings is 1. The van der Waals surface area contributed by atoms with Crippen molar-refractivity contribution in [3.63, 3.8) is 0 Å². The van der Waals surface area contributed by atoms with E-state index in [9.17, 15) is 0 Å². The SMILES string of the molecule is Cc1cccc(Nc2nccn2C2CCCC2)c1. The Hall–Kier alpha value is -1.77. The zero-order valence-electron chi connectivity index (χ0n) is 10.8. The quantitative estimate of drug-likeness (QED) is 0.878. The van der Waals surface area contributed by atoms with Crippen LogP contribution in [-0.2, 0) is 0 Å². The van der Waals surface area contributed by atoms with Crippen molar-refractivity contribution in [3.8, 4) is 0 Å². The lowest BCUT2D eigenvalue weighted by Crippen LogP contribution is -2.07. The molecule has 94 valence electrons. The van der Waals surface area contributed by atoms with E-state index in [1.54, 1.807) is 0 Å². The second kappa shape index (κ2) is 4.84. The lowest BCUT2D eigenvalue weighted by Gasteiger charge is -2.15. The lowest BCUT2D eigenvalue weighted by atomic mass is 10.2. The molecule has 0 saturated heterocycles. The average molecular weight is 241 g/mol. The highest BCUT2D eigenvalue weighted by atomic mass is 15.2. The van der Waals surface area contributed by atoms with Gasteiger partial charge in [-0.15, -0.1) is 0 Å². The molecule has 0 spiro atoms. The van der Waals surface area contributed by atoms with Crippen molar-refractivity contribution < 1.29 is 0 Å². The summed E-state index contributed by atoms with van der Waals surface area (Å²) in [5, 5.41) is 3.42. The molecule has 0 unspecified atom stereocenters. The molecule has 0 atom stereocenters. The normalized spacial score (nSPS) is 16.1. The zero-order chi connectivity index (χ0) is 12.4. The fraction of sp³-hybridized carbons (Fsp3) is 0.400. The summed E-state index contributed by atoms with van der Waals surface area (Å²) in [6.07, 6.45) is 9.21. The van der Waals surface area contributed by atoms with Crippen LogP contribution in [0.15, 0.2) is 36.7 Å². The number of nitrogens with zero attached hydrogens (tertiary/aromatic N) is 2. The molecule has 1 fully saturated rings. The van der Waals surface area contributed by atoms with Gasteiger partial charge in [-0.05, 0) is 37.5 Å². The smallest absolute Gasteiger partial charge is 0.207 e. The third kappa shape index (κ3) is 2.26. The van der Waals surface area contributed by atoms with Crippen LogP contribution >= 0.6 is 0 Å². The van der Waals surface area contributed by atoms with Crippen LogP contribution in [0.25, 0.3) is 0 Å². The molecule has 18 heavy (non-hydrogen) atoms. The van der Waals surface area contributed by atoms with Crippen molar-refractivity contribution in [1.82, 2.24) is 9.55 Å². The third-order valence-corrected chi connectivity index (χ3v) is 3.66. The molecular weight excluding hydrogens is 222 g/mol. The maximum absolute atomic E-state index is 4.44. The number of aromatic nitrogens is 2. The molecule has 1 aliphatic rings. The van der Waals surface area contributed by atoms with E-state index in [1.165, 1.54) is 31.2 Å². The van der Waals surface area contributed by atoms with E-state index in [1.807, 2.05) is 6.20 Å². The minimum Gasteiger partial charge on any atom is -0.326 e. The average Bonchev–Trinajstić information content (AvgIpc) is 2.98. The van der Waals surface area contributed by atoms with E-state index in [0.29, 0.717) is 6.04 Å². The van der Waals surface area contributed by atoms with Crippen LogP contribution in [0.2, 0.25) is 0 Å². The summed E-state index contributed by atoms with van der Waals surface area (Å²) in [5.74, 6) is 0.965. The molecule has 1 aromatic carbocycles. The van der Waals surface area contributed by atoms with Gasteiger partial charge in [-0.3, -0.25) is 0 Å². The van der Waals surface area contributed by atoms with Crippen LogP contribution in [0.4, 0.5) is 11.6 Å². The minimum atomic E-state index is 0.625. The summed E-state index contributed by atoms with van der Waals surface area (Å²) in [7, 11) is 0. The molecule has 0 radical (unpaired) electrons. The van der Waals surface area contributed by atoms with Gasteiger partial charge in [-0.1, -0.05) is 25.0 Å². The van der Waals surface area contributed by atoms with Gasteiger partial charge in [0.25, 0.3) is 0 Å². The Morgan fingerprint density at radius 2 is 2.11 bits per heavy atom. The maximum atomic E-state index is 4.44. The number of benzene rings is 1. The van der Waals surface area contributed by atoms with Gasteiger partial charge in [0.2, 0.25) is 5.95 Å². The van der Waals surface area contributed by atoms with Crippen LogP contribution in [0.5, 0.6) is 0 Å².